The number of aliphatic hydroxyl groups is 2. The fourth-order valence-corrected chi connectivity index (χ4v) is 3.75. The first-order chi connectivity index (χ1) is 21.9. The van der Waals surface area contributed by atoms with Gasteiger partial charge in [0.15, 0.2) is 0 Å². The van der Waals surface area contributed by atoms with E-state index in [0.29, 0.717) is 5.88 Å². The molecule has 0 saturated carbocycles. The van der Waals surface area contributed by atoms with Crippen LogP contribution in [0.25, 0.3) is 0 Å². The Morgan fingerprint density at radius 3 is 1.71 bits per heavy atom. The molecular formula is C35H59N5O5. The van der Waals surface area contributed by atoms with Crippen LogP contribution in [0.4, 0.5) is 11.5 Å². The Labute approximate surface area is 272 Å². The topological polar surface area (TPSA) is 113 Å². The first kappa shape index (κ1) is 41.7. The fourth-order valence-electron chi connectivity index (χ4n) is 3.75. The minimum atomic E-state index is -0.844. The summed E-state index contributed by atoms with van der Waals surface area (Å²) >= 11 is 0. The van der Waals surface area contributed by atoms with E-state index in [-0.39, 0.29) is 13.2 Å². The van der Waals surface area contributed by atoms with Crippen molar-refractivity contribution in [2.75, 3.05) is 75.6 Å². The molecular weight excluding hydrogens is 570 g/mol. The highest BCUT2D eigenvalue weighted by Crippen LogP contribution is 2.15. The maximum Gasteiger partial charge on any atom is 0.213 e. The van der Waals surface area contributed by atoms with Gasteiger partial charge in [0.25, 0.3) is 0 Å². The minimum absolute atomic E-state index is 0.0621. The second kappa shape index (κ2) is 27.0. The lowest BCUT2D eigenvalue weighted by atomic mass is 10.2. The summed E-state index contributed by atoms with van der Waals surface area (Å²) in [6.45, 7) is 25.0. The zero-order valence-electron chi connectivity index (χ0n) is 29.2. The molecule has 254 valence electrons. The smallest absolute Gasteiger partial charge is 0.213 e. The molecule has 2 saturated heterocycles. The minimum Gasteiger partial charge on any atom is -0.475 e. The molecule has 2 fully saturated rings. The Bertz CT molecular complexity index is 1070. The van der Waals surface area contributed by atoms with Crippen LogP contribution in [0.3, 0.4) is 0 Å². The first-order valence-electron chi connectivity index (χ1n) is 16.3. The number of anilines is 2. The summed E-state index contributed by atoms with van der Waals surface area (Å²) in [7, 11) is 0. The lowest BCUT2D eigenvalue weighted by Crippen LogP contribution is -2.36. The van der Waals surface area contributed by atoms with Gasteiger partial charge in [0.05, 0.1) is 44.9 Å². The molecule has 2 aliphatic rings. The molecule has 0 aliphatic carbocycles. The number of aliphatic hydroxyl groups excluding tert-OH is 2. The van der Waals surface area contributed by atoms with E-state index >= 15 is 0 Å². The van der Waals surface area contributed by atoms with Gasteiger partial charge in [0, 0.05) is 50.8 Å². The molecule has 0 spiro atoms. The number of rotatable bonds is 6. The van der Waals surface area contributed by atoms with Crippen LogP contribution in [-0.2, 0) is 9.47 Å². The van der Waals surface area contributed by atoms with Crippen LogP contribution >= 0.6 is 0 Å². The van der Waals surface area contributed by atoms with E-state index in [1.54, 1.807) is 12.3 Å². The summed E-state index contributed by atoms with van der Waals surface area (Å²) in [6.07, 6.45) is 6.54. The van der Waals surface area contributed by atoms with Gasteiger partial charge in [-0.05, 0) is 49.6 Å². The van der Waals surface area contributed by atoms with Gasteiger partial charge < -0.3 is 34.2 Å². The Hall–Kier alpha value is -3.31. The number of ether oxygens (including phenoxy) is 3. The highest BCUT2D eigenvalue weighted by molar-refractivity contribution is 5.46. The molecule has 2 N–H and O–H groups in total. The number of morpholine rings is 2. The normalized spacial score (nSPS) is 14.1. The van der Waals surface area contributed by atoms with Gasteiger partial charge in [-0.3, -0.25) is 4.98 Å². The van der Waals surface area contributed by atoms with Crippen LogP contribution in [0, 0.1) is 20.8 Å². The molecule has 1 unspecified atom stereocenters. The SMILES string of the molecule is CC.CC.CC.Cc1ccc(N2CCOCC2)nc1.Cc1ccc(OCC(O)CO)nc1.Cc1cncc(N2CCOCC2)c1. The van der Waals surface area contributed by atoms with Crippen LogP contribution in [0.2, 0.25) is 0 Å². The molecule has 0 amide bonds. The molecule has 3 aromatic rings. The lowest BCUT2D eigenvalue weighted by Gasteiger charge is -2.28. The maximum absolute atomic E-state index is 8.97. The van der Waals surface area contributed by atoms with E-state index in [2.05, 4.69) is 56.8 Å². The first-order valence-corrected chi connectivity index (χ1v) is 16.3. The molecule has 0 bridgehead atoms. The average Bonchev–Trinajstić information content (AvgIpc) is 3.12. The predicted molar refractivity (Wildman–Crippen MR) is 186 cm³/mol. The van der Waals surface area contributed by atoms with E-state index in [9.17, 15) is 0 Å². The van der Waals surface area contributed by atoms with Crippen LogP contribution < -0.4 is 14.5 Å². The standard InChI is InChI=1S/2C10H14N2O.C9H13NO3.3C2H6/c1-9-6-10(8-11-7-9)12-2-4-13-5-3-12;1-9-2-3-10(11-8-9)12-4-6-13-7-5-12;1-7-2-3-9(10-4-7)13-6-8(12)5-11;3*1-2/h6-8H,2-5H2,1H3;2-3,8H,4-7H2,1H3;2-4,8,11-12H,5-6H2,1H3;3*1-2H3. The van der Waals surface area contributed by atoms with Crippen molar-refractivity contribution in [3.8, 4) is 5.88 Å². The summed E-state index contributed by atoms with van der Waals surface area (Å²) in [5.41, 5.74) is 4.68. The van der Waals surface area contributed by atoms with Crippen LogP contribution in [-0.4, -0.2) is 97.1 Å². The summed E-state index contributed by atoms with van der Waals surface area (Å²) in [5.74, 6) is 1.52. The van der Waals surface area contributed by atoms with Gasteiger partial charge in [-0.2, -0.15) is 0 Å². The maximum atomic E-state index is 8.97. The van der Waals surface area contributed by atoms with Gasteiger partial charge in [0.1, 0.15) is 18.5 Å². The van der Waals surface area contributed by atoms with Crippen molar-refractivity contribution < 1.29 is 24.4 Å². The van der Waals surface area contributed by atoms with Gasteiger partial charge in [-0.1, -0.05) is 53.7 Å². The van der Waals surface area contributed by atoms with Gasteiger partial charge in [0.2, 0.25) is 5.88 Å². The van der Waals surface area contributed by atoms with E-state index in [1.807, 2.05) is 73.1 Å². The van der Waals surface area contributed by atoms with Gasteiger partial charge >= 0.3 is 0 Å². The quantitative estimate of drug-likeness (QED) is 0.355. The third-order valence-corrected chi connectivity index (χ3v) is 5.99. The number of hydrogen-bond donors (Lipinski definition) is 2. The van der Waals surface area contributed by atoms with Crippen LogP contribution in [0.5, 0.6) is 5.88 Å². The van der Waals surface area contributed by atoms with Crippen molar-refractivity contribution in [1.82, 2.24) is 15.0 Å². The summed E-state index contributed by atoms with van der Waals surface area (Å²) in [6, 6.07) is 9.92. The number of aromatic nitrogens is 3. The second-order valence-corrected chi connectivity index (χ2v) is 9.43. The number of hydrogen-bond acceptors (Lipinski definition) is 10. The average molecular weight is 630 g/mol. The van der Waals surface area contributed by atoms with Crippen molar-refractivity contribution in [1.29, 1.82) is 0 Å². The van der Waals surface area contributed by atoms with Gasteiger partial charge in [-0.15, -0.1) is 0 Å². The van der Waals surface area contributed by atoms with E-state index < -0.39 is 6.10 Å². The molecule has 2 aliphatic heterocycles. The summed E-state index contributed by atoms with van der Waals surface area (Å²) in [5, 5.41) is 17.5. The number of nitrogens with zero attached hydrogens (tertiary/aromatic N) is 5. The van der Waals surface area contributed by atoms with Crippen molar-refractivity contribution >= 4 is 11.5 Å². The lowest BCUT2D eigenvalue weighted by molar-refractivity contribution is 0.0521. The Kier molecular flexibility index (Phi) is 25.0. The summed E-state index contributed by atoms with van der Waals surface area (Å²) < 4.78 is 15.7. The third-order valence-electron chi connectivity index (χ3n) is 5.99. The zero-order chi connectivity index (χ0) is 33.9. The molecule has 0 radical (unpaired) electrons. The molecule has 1 atom stereocenters. The van der Waals surface area contributed by atoms with Gasteiger partial charge in [-0.25, -0.2) is 9.97 Å². The van der Waals surface area contributed by atoms with Crippen molar-refractivity contribution in [3.05, 3.63) is 71.8 Å². The van der Waals surface area contributed by atoms with E-state index in [0.717, 1.165) is 64.0 Å². The molecule has 45 heavy (non-hydrogen) atoms. The molecule has 3 aromatic heterocycles. The molecule has 5 heterocycles. The van der Waals surface area contributed by atoms with Crippen molar-refractivity contribution in [2.45, 2.75) is 68.4 Å². The van der Waals surface area contributed by atoms with E-state index in [1.165, 1.54) is 16.8 Å². The number of pyridine rings is 3. The van der Waals surface area contributed by atoms with Crippen molar-refractivity contribution in [2.24, 2.45) is 0 Å². The van der Waals surface area contributed by atoms with Crippen LogP contribution in [0.1, 0.15) is 58.2 Å². The Morgan fingerprint density at radius 1 is 0.711 bits per heavy atom. The molecule has 0 aromatic carbocycles. The monoisotopic (exact) mass is 629 g/mol. The Morgan fingerprint density at radius 2 is 1.24 bits per heavy atom. The zero-order valence-corrected chi connectivity index (χ0v) is 29.2. The predicted octanol–water partition coefficient (Wildman–Crippen LogP) is 5.65. The van der Waals surface area contributed by atoms with E-state index in [4.69, 9.17) is 24.4 Å². The third kappa shape index (κ3) is 18.3. The molecule has 10 nitrogen and oxygen atoms in total. The largest absolute Gasteiger partial charge is 0.475 e. The summed E-state index contributed by atoms with van der Waals surface area (Å²) in [4.78, 5) is 17.1. The Balaban J connectivity index is 0.000000594. The molecule has 5 rings (SSSR count). The number of aryl methyl sites for hydroxylation is 3. The molecule has 10 heteroatoms. The second-order valence-electron chi connectivity index (χ2n) is 9.43. The van der Waals surface area contributed by atoms with Crippen LogP contribution in [0.15, 0.2) is 55.1 Å². The highest BCUT2D eigenvalue weighted by Gasteiger charge is 2.12. The fraction of sp³-hybridized carbons (Fsp3) is 0.571. The van der Waals surface area contributed by atoms with Crippen molar-refractivity contribution in [3.63, 3.8) is 0 Å². The highest BCUT2D eigenvalue weighted by atomic mass is 16.5.